The fourth-order valence-corrected chi connectivity index (χ4v) is 2.55. The number of nitrogens with one attached hydrogen (secondary N) is 2. The van der Waals surface area contributed by atoms with Gasteiger partial charge in [-0.15, -0.1) is 0 Å². The molecule has 0 aliphatic heterocycles. The van der Waals surface area contributed by atoms with E-state index in [9.17, 15) is 4.79 Å². The third kappa shape index (κ3) is 2.91. The smallest absolute Gasteiger partial charge is 0.225 e. The number of amides is 1. The van der Waals surface area contributed by atoms with Crippen molar-refractivity contribution >= 4 is 11.6 Å². The van der Waals surface area contributed by atoms with Crippen LogP contribution in [-0.2, 0) is 17.6 Å². The van der Waals surface area contributed by atoms with E-state index in [1.165, 1.54) is 36.8 Å². The average Bonchev–Trinajstić information content (AvgIpc) is 3.06. The van der Waals surface area contributed by atoms with Crippen molar-refractivity contribution in [1.82, 2.24) is 5.32 Å². The molecule has 0 unspecified atom stereocenters. The number of carbonyl (C=O) groups is 1. The van der Waals surface area contributed by atoms with Gasteiger partial charge in [0.25, 0.3) is 0 Å². The van der Waals surface area contributed by atoms with Gasteiger partial charge in [-0.25, -0.2) is 0 Å². The van der Waals surface area contributed by atoms with Crippen molar-refractivity contribution in [3.63, 3.8) is 0 Å². The molecular formula is C15H20N2O. The SMILES string of the molecule is O=C(CCNC1CC1)Nc1ccc2c(c1)CCC2. The van der Waals surface area contributed by atoms with E-state index in [1.807, 2.05) is 6.07 Å². The van der Waals surface area contributed by atoms with Gasteiger partial charge >= 0.3 is 0 Å². The highest BCUT2D eigenvalue weighted by atomic mass is 16.1. The van der Waals surface area contributed by atoms with Crippen molar-refractivity contribution in [2.24, 2.45) is 0 Å². The molecular weight excluding hydrogens is 224 g/mol. The van der Waals surface area contributed by atoms with E-state index in [2.05, 4.69) is 22.8 Å². The molecule has 0 atom stereocenters. The maximum atomic E-state index is 11.8. The highest BCUT2D eigenvalue weighted by Gasteiger charge is 2.20. The summed E-state index contributed by atoms with van der Waals surface area (Å²) in [6.07, 6.45) is 6.70. The van der Waals surface area contributed by atoms with E-state index in [-0.39, 0.29) is 5.91 Å². The van der Waals surface area contributed by atoms with Crippen molar-refractivity contribution in [2.75, 3.05) is 11.9 Å². The van der Waals surface area contributed by atoms with E-state index in [0.29, 0.717) is 12.5 Å². The molecule has 1 fully saturated rings. The van der Waals surface area contributed by atoms with Crippen molar-refractivity contribution in [3.8, 4) is 0 Å². The maximum Gasteiger partial charge on any atom is 0.225 e. The summed E-state index contributed by atoms with van der Waals surface area (Å²) in [5, 5.41) is 6.34. The van der Waals surface area contributed by atoms with Crippen LogP contribution in [0.3, 0.4) is 0 Å². The summed E-state index contributed by atoms with van der Waals surface area (Å²) in [5.74, 6) is 0.112. The van der Waals surface area contributed by atoms with Gasteiger partial charge in [0.05, 0.1) is 0 Å². The summed E-state index contributed by atoms with van der Waals surface area (Å²) in [4.78, 5) is 11.8. The van der Waals surface area contributed by atoms with Crippen LogP contribution in [0.4, 0.5) is 5.69 Å². The molecule has 3 nitrogen and oxygen atoms in total. The number of benzene rings is 1. The molecule has 2 aliphatic carbocycles. The Hall–Kier alpha value is -1.35. The van der Waals surface area contributed by atoms with Crippen molar-refractivity contribution < 1.29 is 4.79 Å². The monoisotopic (exact) mass is 244 g/mol. The predicted molar refractivity (Wildman–Crippen MR) is 72.7 cm³/mol. The van der Waals surface area contributed by atoms with Crippen LogP contribution >= 0.6 is 0 Å². The Morgan fingerprint density at radius 2 is 2.06 bits per heavy atom. The Labute approximate surface area is 108 Å². The van der Waals surface area contributed by atoms with Gasteiger partial charge in [0.15, 0.2) is 0 Å². The Balaban J connectivity index is 1.50. The Bertz CT molecular complexity index is 452. The summed E-state index contributed by atoms with van der Waals surface area (Å²) >= 11 is 0. The number of fused-ring (bicyclic) bond motifs is 1. The van der Waals surface area contributed by atoms with Gasteiger partial charge in [-0.1, -0.05) is 6.07 Å². The number of hydrogen-bond donors (Lipinski definition) is 2. The molecule has 1 saturated carbocycles. The molecule has 3 heteroatoms. The Kier molecular flexibility index (Phi) is 3.33. The van der Waals surface area contributed by atoms with Gasteiger partial charge in [0.2, 0.25) is 5.91 Å². The van der Waals surface area contributed by atoms with Gasteiger partial charge < -0.3 is 10.6 Å². The normalized spacial score (nSPS) is 17.6. The third-order valence-corrected chi connectivity index (χ3v) is 3.74. The lowest BCUT2D eigenvalue weighted by Gasteiger charge is -2.08. The molecule has 0 saturated heterocycles. The quantitative estimate of drug-likeness (QED) is 0.834. The van der Waals surface area contributed by atoms with Gasteiger partial charge in [0.1, 0.15) is 0 Å². The fourth-order valence-electron chi connectivity index (χ4n) is 2.55. The zero-order chi connectivity index (χ0) is 12.4. The molecule has 2 aliphatic rings. The molecule has 0 aromatic heterocycles. The van der Waals surface area contributed by atoms with E-state index < -0.39 is 0 Å². The lowest BCUT2D eigenvalue weighted by atomic mass is 10.1. The van der Waals surface area contributed by atoms with Crippen LogP contribution in [0.15, 0.2) is 18.2 Å². The first kappa shape index (κ1) is 11.7. The minimum Gasteiger partial charge on any atom is -0.326 e. The third-order valence-electron chi connectivity index (χ3n) is 3.74. The number of anilines is 1. The largest absolute Gasteiger partial charge is 0.326 e. The van der Waals surface area contributed by atoms with Crippen LogP contribution in [0, 0.1) is 0 Å². The Morgan fingerprint density at radius 3 is 2.89 bits per heavy atom. The van der Waals surface area contributed by atoms with Crippen LogP contribution < -0.4 is 10.6 Å². The molecule has 0 radical (unpaired) electrons. The van der Waals surface area contributed by atoms with Gasteiger partial charge in [0, 0.05) is 24.7 Å². The minimum absolute atomic E-state index is 0.112. The van der Waals surface area contributed by atoms with E-state index >= 15 is 0 Å². The standard InChI is InChI=1S/C15H20N2O/c18-15(8-9-16-13-6-7-13)17-14-5-4-11-2-1-3-12(11)10-14/h4-5,10,13,16H,1-3,6-9H2,(H,17,18). The zero-order valence-corrected chi connectivity index (χ0v) is 10.7. The number of hydrogen-bond acceptors (Lipinski definition) is 2. The number of carbonyl (C=O) groups excluding carboxylic acids is 1. The highest BCUT2D eigenvalue weighted by molar-refractivity contribution is 5.91. The predicted octanol–water partition coefficient (Wildman–Crippen LogP) is 2.26. The van der Waals surface area contributed by atoms with Crippen LogP contribution in [0.5, 0.6) is 0 Å². The van der Waals surface area contributed by atoms with Gasteiger partial charge in [-0.3, -0.25) is 4.79 Å². The van der Waals surface area contributed by atoms with E-state index in [4.69, 9.17) is 0 Å². The van der Waals surface area contributed by atoms with Crippen LogP contribution in [-0.4, -0.2) is 18.5 Å². The lowest BCUT2D eigenvalue weighted by molar-refractivity contribution is -0.116. The van der Waals surface area contributed by atoms with E-state index in [0.717, 1.165) is 18.7 Å². The summed E-state index contributed by atoms with van der Waals surface area (Å²) in [6.45, 7) is 0.793. The summed E-state index contributed by atoms with van der Waals surface area (Å²) in [5.41, 5.74) is 3.80. The summed E-state index contributed by atoms with van der Waals surface area (Å²) in [6, 6.07) is 6.99. The maximum absolute atomic E-state index is 11.8. The topological polar surface area (TPSA) is 41.1 Å². The molecule has 18 heavy (non-hydrogen) atoms. The zero-order valence-electron chi connectivity index (χ0n) is 10.7. The molecule has 1 aromatic carbocycles. The Morgan fingerprint density at radius 1 is 1.22 bits per heavy atom. The first-order valence-electron chi connectivity index (χ1n) is 6.96. The van der Waals surface area contributed by atoms with Gasteiger partial charge in [-0.05, 0) is 55.4 Å². The molecule has 96 valence electrons. The van der Waals surface area contributed by atoms with Gasteiger partial charge in [-0.2, -0.15) is 0 Å². The fraction of sp³-hybridized carbons (Fsp3) is 0.533. The second-order valence-electron chi connectivity index (χ2n) is 5.36. The second-order valence-corrected chi connectivity index (χ2v) is 5.36. The molecule has 1 amide bonds. The minimum atomic E-state index is 0.112. The molecule has 2 N–H and O–H groups in total. The van der Waals surface area contributed by atoms with Crippen LogP contribution in [0.2, 0.25) is 0 Å². The van der Waals surface area contributed by atoms with Crippen LogP contribution in [0.1, 0.15) is 36.8 Å². The van der Waals surface area contributed by atoms with E-state index in [1.54, 1.807) is 0 Å². The average molecular weight is 244 g/mol. The lowest BCUT2D eigenvalue weighted by Crippen LogP contribution is -2.23. The molecule has 3 rings (SSSR count). The van der Waals surface area contributed by atoms with Crippen molar-refractivity contribution in [1.29, 1.82) is 0 Å². The first-order valence-corrected chi connectivity index (χ1v) is 6.96. The highest BCUT2D eigenvalue weighted by Crippen LogP contribution is 2.24. The molecule has 0 heterocycles. The van der Waals surface area contributed by atoms with Crippen molar-refractivity contribution in [3.05, 3.63) is 29.3 Å². The van der Waals surface area contributed by atoms with Crippen molar-refractivity contribution in [2.45, 2.75) is 44.6 Å². The number of aryl methyl sites for hydroxylation is 2. The first-order chi connectivity index (χ1) is 8.81. The molecule has 0 spiro atoms. The number of rotatable bonds is 5. The summed E-state index contributed by atoms with van der Waals surface area (Å²) in [7, 11) is 0. The van der Waals surface area contributed by atoms with Crippen LogP contribution in [0.25, 0.3) is 0 Å². The molecule has 1 aromatic rings. The molecule has 0 bridgehead atoms. The summed E-state index contributed by atoms with van der Waals surface area (Å²) < 4.78 is 0. The second kappa shape index (κ2) is 5.11.